The number of unbranched alkanes of at least 4 members (excludes halogenated alkanes) is 1. The summed E-state index contributed by atoms with van der Waals surface area (Å²) in [6.45, 7) is 2.58. The molecule has 0 aliphatic carbocycles. The van der Waals surface area contributed by atoms with Crippen LogP contribution in [-0.4, -0.2) is 49.8 Å². The highest BCUT2D eigenvalue weighted by Gasteiger charge is 2.38. The first-order chi connectivity index (χ1) is 18.4. The highest BCUT2D eigenvalue weighted by molar-refractivity contribution is 6.43. The van der Waals surface area contributed by atoms with Gasteiger partial charge in [0.1, 0.15) is 17.5 Å². The number of nitrogens with one attached hydrogen (secondary N) is 1. The molecule has 3 aromatic rings. The second-order valence-corrected chi connectivity index (χ2v) is 9.42. The van der Waals surface area contributed by atoms with Crippen LogP contribution in [0.25, 0.3) is 0 Å². The van der Waals surface area contributed by atoms with E-state index < -0.39 is 17.7 Å². The average Bonchev–Trinajstić information content (AvgIpc) is 2.96. The maximum Gasteiger partial charge on any atom is 0.295 e. The van der Waals surface area contributed by atoms with Gasteiger partial charge in [-0.05, 0) is 61.4 Å². The number of aryl methyl sites for hydroxylation is 1. The molecule has 0 radical (unpaired) electrons. The van der Waals surface area contributed by atoms with Gasteiger partial charge < -0.3 is 19.7 Å². The van der Waals surface area contributed by atoms with Gasteiger partial charge in [-0.25, -0.2) is 0 Å². The smallest absolute Gasteiger partial charge is 0.295 e. The molecule has 1 N–H and O–H groups in total. The Morgan fingerprint density at radius 1 is 0.921 bits per heavy atom. The van der Waals surface area contributed by atoms with E-state index in [-0.39, 0.29) is 18.0 Å². The fraction of sp³-hybridized carbons (Fsp3) is 0.323. The normalized spacial score (nSPS) is 14.4. The van der Waals surface area contributed by atoms with Crippen LogP contribution in [0.4, 0.5) is 0 Å². The predicted molar refractivity (Wildman–Crippen MR) is 146 cm³/mol. The largest absolute Gasteiger partial charge is 0.496 e. The van der Waals surface area contributed by atoms with Gasteiger partial charge in [0.15, 0.2) is 0 Å². The minimum absolute atomic E-state index is 0.160. The third-order valence-electron chi connectivity index (χ3n) is 7.04. The lowest BCUT2D eigenvalue weighted by Crippen LogP contribution is -2.49. The Morgan fingerprint density at radius 3 is 2.26 bits per heavy atom. The first-order valence-electron chi connectivity index (χ1n) is 12.9. The second-order valence-electron chi connectivity index (χ2n) is 9.42. The molecular weight excluding hydrogens is 480 g/mol. The minimum atomic E-state index is -0.875. The second kappa shape index (κ2) is 12.4. The zero-order valence-electron chi connectivity index (χ0n) is 22.2. The van der Waals surface area contributed by atoms with Gasteiger partial charge in [-0.1, -0.05) is 54.6 Å². The number of benzene rings is 3. The zero-order valence-corrected chi connectivity index (χ0v) is 22.2. The van der Waals surface area contributed by atoms with Crippen LogP contribution in [0.3, 0.4) is 0 Å². The summed E-state index contributed by atoms with van der Waals surface area (Å²) in [4.78, 5) is 41.8. The summed E-state index contributed by atoms with van der Waals surface area (Å²) in [5, 5.41) is 3.00. The lowest BCUT2D eigenvalue weighted by molar-refractivity contribution is -0.138. The van der Waals surface area contributed by atoms with Crippen LogP contribution in [-0.2, 0) is 22.4 Å². The fourth-order valence-corrected chi connectivity index (χ4v) is 4.95. The van der Waals surface area contributed by atoms with Gasteiger partial charge >= 0.3 is 0 Å². The van der Waals surface area contributed by atoms with E-state index in [1.807, 2.05) is 49.4 Å². The van der Waals surface area contributed by atoms with Crippen LogP contribution in [0.2, 0.25) is 0 Å². The quantitative estimate of drug-likeness (QED) is 0.245. The van der Waals surface area contributed by atoms with Crippen LogP contribution in [0.5, 0.6) is 11.5 Å². The van der Waals surface area contributed by atoms with Crippen LogP contribution in [0.1, 0.15) is 51.5 Å². The molecule has 1 heterocycles. The molecule has 2 amide bonds. The molecule has 7 nitrogen and oxygen atoms in total. The van der Waals surface area contributed by atoms with Crippen molar-refractivity contribution in [2.24, 2.45) is 0 Å². The summed E-state index contributed by atoms with van der Waals surface area (Å²) in [7, 11) is 3.00. The van der Waals surface area contributed by atoms with Crippen LogP contribution >= 0.6 is 0 Å². The first-order valence-corrected chi connectivity index (χ1v) is 12.9. The molecule has 198 valence electrons. The number of rotatable bonds is 10. The van der Waals surface area contributed by atoms with E-state index in [0.717, 1.165) is 36.0 Å². The number of hydrogen-bond acceptors (Lipinski definition) is 5. The zero-order chi connectivity index (χ0) is 27.1. The van der Waals surface area contributed by atoms with E-state index in [0.29, 0.717) is 24.5 Å². The Bertz CT molecular complexity index is 1280. The maximum atomic E-state index is 13.6. The molecule has 1 aliphatic rings. The standard InChI is InChI=1S/C31H34N2O5/c1-21-26(37-2)19-24(20-27(21)38-3)29(34)31(36)33-18-16-23-14-7-8-15-25(23)28(33)30(35)32-17-10-9-13-22-11-5-4-6-12-22/h4-8,11-12,14-15,19-20,28H,9-10,13,16-18H2,1-3H3,(H,32,35). The van der Waals surface area contributed by atoms with Gasteiger partial charge in [-0.3, -0.25) is 14.4 Å². The van der Waals surface area contributed by atoms with E-state index in [9.17, 15) is 14.4 Å². The van der Waals surface area contributed by atoms with Gasteiger partial charge in [0, 0.05) is 24.2 Å². The van der Waals surface area contributed by atoms with E-state index in [1.54, 1.807) is 0 Å². The van der Waals surface area contributed by atoms with Gasteiger partial charge in [0.2, 0.25) is 5.91 Å². The number of methoxy groups -OCH3 is 2. The summed E-state index contributed by atoms with van der Waals surface area (Å²) >= 11 is 0. The number of Topliss-reactive ketones (excluding diaryl/α,β-unsaturated/α-hetero) is 1. The molecule has 0 aromatic heterocycles. The van der Waals surface area contributed by atoms with Gasteiger partial charge in [-0.15, -0.1) is 0 Å². The number of amides is 2. The van der Waals surface area contributed by atoms with E-state index in [1.165, 1.54) is 36.8 Å². The Hall–Kier alpha value is -4.13. The molecule has 0 saturated heterocycles. The highest BCUT2D eigenvalue weighted by Crippen LogP contribution is 2.33. The highest BCUT2D eigenvalue weighted by atomic mass is 16.5. The van der Waals surface area contributed by atoms with Gasteiger partial charge in [-0.2, -0.15) is 0 Å². The molecule has 38 heavy (non-hydrogen) atoms. The van der Waals surface area contributed by atoms with Gasteiger partial charge in [0.05, 0.1) is 14.2 Å². The molecule has 0 saturated carbocycles. The molecule has 7 heteroatoms. The summed E-state index contributed by atoms with van der Waals surface area (Å²) in [6, 6.07) is 20.0. The molecule has 1 unspecified atom stereocenters. The van der Waals surface area contributed by atoms with Crippen molar-refractivity contribution >= 4 is 17.6 Å². The molecule has 1 atom stereocenters. The molecule has 0 bridgehead atoms. The Labute approximate surface area is 223 Å². The van der Waals surface area contributed by atoms with Crippen molar-refractivity contribution in [3.63, 3.8) is 0 Å². The van der Waals surface area contributed by atoms with E-state index >= 15 is 0 Å². The Balaban J connectivity index is 1.50. The van der Waals surface area contributed by atoms with E-state index in [4.69, 9.17) is 9.47 Å². The molecular formula is C31H34N2O5. The molecule has 0 spiro atoms. The van der Waals surface area contributed by atoms with E-state index in [2.05, 4.69) is 17.4 Å². The monoisotopic (exact) mass is 514 g/mol. The Morgan fingerprint density at radius 2 is 1.58 bits per heavy atom. The van der Waals surface area contributed by atoms with Crippen LogP contribution in [0, 0.1) is 6.92 Å². The van der Waals surface area contributed by atoms with Crippen molar-refractivity contribution in [2.45, 2.75) is 38.6 Å². The lowest BCUT2D eigenvalue weighted by atomic mass is 9.91. The number of ether oxygens (including phenoxy) is 2. The lowest BCUT2D eigenvalue weighted by Gasteiger charge is -2.36. The first kappa shape index (κ1) is 26.9. The van der Waals surface area contributed by atoms with Crippen molar-refractivity contribution in [1.29, 1.82) is 0 Å². The maximum absolute atomic E-state index is 13.6. The summed E-state index contributed by atoms with van der Waals surface area (Å²) in [5.74, 6) is -0.806. The average molecular weight is 515 g/mol. The molecule has 0 fully saturated rings. The summed E-state index contributed by atoms with van der Waals surface area (Å²) in [6.07, 6.45) is 3.25. The van der Waals surface area contributed by atoms with Gasteiger partial charge in [0.25, 0.3) is 11.7 Å². The summed E-state index contributed by atoms with van der Waals surface area (Å²) < 4.78 is 10.8. The molecule has 1 aliphatic heterocycles. The van der Waals surface area contributed by atoms with Crippen LogP contribution in [0.15, 0.2) is 66.7 Å². The number of carbonyl (C=O) groups is 3. The SMILES string of the molecule is COc1cc(C(=O)C(=O)N2CCc3ccccc3C2C(=O)NCCCCc2ccccc2)cc(OC)c1C. The van der Waals surface area contributed by atoms with Crippen molar-refractivity contribution < 1.29 is 23.9 Å². The molecule has 3 aromatic carbocycles. The number of carbonyl (C=O) groups excluding carboxylic acids is 3. The van der Waals surface area contributed by atoms with Crippen LogP contribution < -0.4 is 14.8 Å². The predicted octanol–water partition coefficient (Wildman–Crippen LogP) is 4.46. The van der Waals surface area contributed by atoms with Crippen molar-refractivity contribution in [2.75, 3.05) is 27.3 Å². The number of hydrogen-bond donors (Lipinski definition) is 1. The van der Waals surface area contributed by atoms with Crippen molar-refractivity contribution in [1.82, 2.24) is 10.2 Å². The summed E-state index contributed by atoms with van der Waals surface area (Å²) in [5.41, 5.74) is 3.91. The third-order valence-corrected chi connectivity index (χ3v) is 7.04. The number of fused-ring (bicyclic) bond motifs is 1. The number of ketones is 1. The minimum Gasteiger partial charge on any atom is -0.496 e. The Kier molecular flexibility index (Phi) is 8.79. The topological polar surface area (TPSA) is 84.9 Å². The number of nitrogens with zero attached hydrogens (tertiary/aromatic N) is 1. The third kappa shape index (κ3) is 5.88. The molecule has 4 rings (SSSR count). The van der Waals surface area contributed by atoms with Crippen molar-refractivity contribution in [3.05, 3.63) is 94.5 Å². The van der Waals surface area contributed by atoms with Crippen molar-refractivity contribution in [3.8, 4) is 11.5 Å². The fourth-order valence-electron chi connectivity index (χ4n) is 4.95.